The second-order valence-corrected chi connectivity index (χ2v) is 4.20. The molecular formula is C15H20N. The van der Waals surface area contributed by atoms with E-state index in [4.69, 9.17) is 5.26 Å². The first-order chi connectivity index (χ1) is 7.88. The zero-order valence-electron chi connectivity index (χ0n) is 10.1. The van der Waals surface area contributed by atoms with E-state index in [2.05, 4.69) is 19.1 Å². The zero-order valence-corrected chi connectivity index (χ0v) is 10.1. The monoisotopic (exact) mass is 214 g/mol. The van der Waals surface area contributed by atoms with Crippen molar-refractivity contribution in [3.05, 3.63) is 35.4 Å². The highest BCUT2D eigenvalue weighted by Crippen LogP contribution is 2.12. The van der Waals surface area contributed by atoms with Crippen molar-refractivity contribution in [1.82, 2.24) is 0 Å². The molecule has 0 aliphatic rings. The molecule has 0 N–H and O–H groups in total. The van der Waals surface area contributed by atoms with Crippen LogP contribution in [0.2, 0.25) is 0 Å². The van der Waals surface area contributed by atoms with Gasteiger partial charge in [-0.3, -0.25) is 0 Å². The van der Waals surface area contributed by atoms with Gasteiger partial charge in [-0.1, -0.05) is 57.2 Å². The lowest BCUT2D eigenvalue weighted by molar-refractivity contribution is 0.607. The van der Waals surface area contributed by atoms with E-state index >= 15 is 0 Å². The van der Waals surface area contributed by atoms with E-state index in [9.17, 15) is 0 Å². The van der Waals surface area contributed by atoms with Crippen molar-refractivity contribution >= 4 is 0 Å². The predicted octanol–water partition coefficient (Wildman–Crippen LogP) is 4.26. The molecule has 0 aliphatic carbocycles. The number of aryl methyl sites for hydroxylation is 1. The summed E-state index contributed by atoms with van der Waals surface area (Å²) in [6.07, 6.45) is 8.81. The quantitative estimate of drug-likeness (QED) is 0.622. The number of rotatable bonds is 7. The molecule has 1 aromatic rings. The van der Waals surface area contributed by atoms with Gasteiger partial charge in [-0.25, -0.2) is 0 Å². The zero-order chi connectivity index (χ0) is 11.6. The van der Waals surface area contributed by atoms with Crippen molar-refractivity contribution in [2.45, 2.75) is 51.9 Å². The van der Waals surface area contributed by atoms with Gasteiger partial charge in [0.05, 0.1) is 5.56 Å². The maximum atomic E-state index is 8.91. The number of hydrogen-bond acceptors (Lipinski definition) is 1. The van der Waals surface area contributed by atoms with Gasteiger partial charge < -0.3 is 0 Å². The van der Waals surface area contributed by atoms with Crippen molar-refractivity contribution in [2.24, 2.45) is 0 Å². The average molecular weight is 214 g/mol. The molecule has 1 nitrogen and oxygen atoms in total. The SMILES string of the molecule is CCCCCCCCc1ccc[c]c1C#N. The molecule has 1 radical (unpaired) electrons. The van der Waals surface area contributed by atoms with E-state index in [1.165, 1.54) is 38.5 Å². The fraction of sp³-hybridized carbons (Fsp3) is 0.533. The van der Waals surface area contributed by atoms with Gasteiger partial charge in [0.2, 0.25) is 0 Å². The lowest BCUT2D eigenvalue weighted by Gasteiger charge is -2.03. The van der Waals surface area contributed by atoms with Crippen molar-refractivity contribution in [1.29, 1.82) is 5.26 Å². The summed E-state index contributed by atoms with van der Waals surface area (Å²) < 4.78 is 0. The molecule has 0 saturated heterocycles. The summed E-state index contributed by atoms with van der Waals surface area (Å²) in [5.74, 6) is 0. The van der Waals surface area contributed by atoms with Crippen LogP contribution in [0.25, 0.3) is 0 Å². The van der Waals surface area contributed by atoms with Crippen LogP contribution in [-0.4, -0.2) is 0 Å². The number of nitriles is 1. The minimum absolute atomic E-state index is 0.719. The van der Waals surface area contributed by atoms with Gasteiger partial charge in [-0.15, -0.1) is 0 Å². The Hall–Kier alpha value is -1.29. The number of unbranched alkanes of at least 4 members (excludes halogenated alkanes) is 5. The first-order valence-corrected chi connectivity index (χ1v) is 6.28. The summed E-state index contributed by atoms with van der Waals surface area (Å²) in [6.45, 7) is 2.24. The maximum absolute atomic E-state index is 8.91. The van der Waals surface area contributed by atoms with Gasteiger partial charge in [0.15, 0.2) is 0 Å². The third-order valence-corrected chi connectivity index (χ3v) is 2.85. The summed E-state index contributed by atoms with van der Waals surface area (Å²) in [6, 6.07) is 11.0. The van der Waals surface area contributed by atoms with E-state index in [0.29, 0.717) is 0 Å². The largest absolute Gasteiger partial charge is 0.192 e. The predicted molar refractivity (Wildman–Crippen MR) is 67.1 cm³/mol. The number of benzene rings is 1. The summed E-state index contributed by atoms with van der Waals surface area (Å²) in [4.78, 5) is 0. The Morgan fingerprint density at radius 1 is 1.19 bits per heavy atom. The number of hydrogen-bond donors (Lipinski definition) is 0. The van der Waals surface area contributed by atoms with Crippen molar-refractivity contribution in [2.75, 3.05) is 0 Å². The summed E-state index contributed by atoms with van der Waals surface area (Å²) in [7, 11) is 0. The molecule has 0 amide bonds. The Morgan fingerprint density at radius 2 is 1.94 bits per heavy atom. The van der Waals surface area contributed by atoms with Crippen LogP contribution in [0.1, 0.15) is 56.6 Å². The molecule has 0 spiro atoms. The van der Waals surface area contributed by atoms with E-state index in [1.54, 1.807) is 0 Å². The lowest BCUT2D eigenvalue weighted by Crippen LogP contribution is -1.90. The molecule has 0 aromatic heterocycles. The van der Waals surface area contributed by atoms with Crippen LogP contribution < -0.4 is 0 Å². The highest BCUT2D eigenvalue weighted by Gasteiger charge is 2.00. The Labute approximate surface area is 99.1 Å². The summed E-state index contributed by atoms with van der Waals surface area (Å²) in [5, 5.41) is 8.91. The van der Waals surface area contributed by atoms with Gasteiger partial charge >= 0.3 is 0 Å². The minimum atomic E-state index is 0.719. The summed E-state index contributed by atoms with van der Waals surface area (Å²) in [5.41, 5.74) is 1.87. The first kappa shape index (κ1) is 12.8. The average Bonchev–Trinajstić information content (AvgIpc) is 2.34. The standard InChI is InChI=1S/C15H20N/c1-2-3-4-5-6-7-10-14-11-8-9-12-15(14)13-16/h8-9,11H,2-7,10H2,1H3. The Morgan fingerprint density at radius 3 is 2.69 bits per heavy atom. The molecule has 0 unspecified atom stereocenters. The van der Waals surface area contributed by atoms with Gasteiger partial charge in [0, 0.05) is 6.07 Å². The van der Waals surface area contributed by atoms with E-state index in [-0.39, 0.29) is 0 Å². The van der Waals surface area contributed by atoms with E-state index in [0.717, 1.165) is 17.5 Å². The molecule has 0 bridgehead atoms. The smallest absolute Gasteiger partial charge is 0.100 e. The fourth-order valence-corrected chi connectivity index (χ4v) is 1.88. The van der Waals surface area contributed by atoms with Crippen LogP contribution in [0.3, 0.4) is 0 Å². The molecule has 0 atom stereocenters. The summed E-state index contributed by atoms with van der Waals surface area (Å²) >= 11 is 0. The molecule has 0 saturated carbocycles. The topological polar surface area (TPSA) is 23.8 Å². The lowest BCUT2D eigenvalue weighted by atomic mass is 10.0. The van der Waals surface area contributed by atoms with Crippen molar-refractivity contribution < 1.29 is 0 Å². The van der Waals surface area contributed by atoms with Crippen LogP contribution >= 0.6 is 0 Å². The highest BCUT2D eigenvalue weighted by molar-refractivity contribution is 5.36. The van der Waals surface area contributed by atoms with Crippen molar-refractivity contribution in [3.63, 3.8) is 0 Å². The Balaban J connectivity index is 2.24. The van der Waals surface area contributed by atoms with E-state index < -0.39 is 0 Å². The van der Waals surface area contributed by atoms with Crippen LogP contribution in [0, 0.1) is 17.4 Å². The second-order valence-electron chi connectivity index (χ2n) is 4.20. The number of nitrogens with zero attached hydrogens (tertiary/aromatic N) is 1. The van der Waals surface area contributed by atoms with E-state index in [1.807, 2.05) is 18.2 Å². The third-order valence-electron chi connectivity index (χ3n) is 2.85. The maximum Gasteiger partial charge on any atom is 0.100 e. The Kier molecular flexibility index (Phi) is 6.33. The highest BCUT2D eigenvalue weighted by atomic mass is 14.2. The molecule has 0 fully saturated rings. The van der Waals surface area contributed by atoms with Gasteiger partial charge in [0.1, 0.15) is 6.07 Å². The van der Waals surface area contributed by atoms with Crippen molar-refractivity contribution in [3.8, 4) is 6.07 Å². The van der Waals surface area contributed by atoms with Gasteiger partial charge in [-0.2, -0.15) is 5.26 Å². The molecule has 85 valence electrons. The normalized spacial score (nSPS) is 10.0. The molecule has 16 heavy (non-hydrogen) atoms. The molecule has 1 aromatic carbocycles. The molecule has 1 rings (SSSR count). The second kappa shape index (κ2) is 7.93. The molecule has 0 aliphatic heterocycles. The van der Waals surface area contributed by atoms with Gasteiger partial charge in [0.25, 0.3) is 0 Å². The van der Waals surface area contributed by atoms with Crippen LogP contribution in [0.15, 0.2) is 18.2 Å². The minimum Gasteiger partial charge on any atom is -0.192 e. The van der Waals surface area contributed by atoms with Crippen LogP contribution in [0.5, 0.6) is 0 Å². The fourth-order valence-electron chi connectivity index (χ4n) is 1.88. The molecular weight excluding hydrogens is 194 g/mol. The Bertz CT molecular complexity index is 336. The molecule has 0 heterocycles. The third kappa shape index (κ3) is 4.49. The van der Waals surface area contributed by atoms with Gasteiger partial charge in [-0.05, 0) is 18.4 Å². The molecule has 1 heteroatoms. The first-order valence-electron chi connectivity index (χ1n) is 6.28. The van der Waals surface area contributed by atoms with Crippen LogP contribution in [-0.2, 0) is 6.42 Å². The van der Waals surface area contributed by atoms with Crippen LogP contribution in [0.4, 0.5) is 0 Å².